The number of para-hydroxylation sites is 3. The molecule has 50 heavy (non-hydrogen) atoms. The van der Waals surface area contributed by atoms with Gasteiger partial charge in [-0.1, -0.05) is 133 Å². The Morgan fingerprint density at radius 2 is 0.900 bits per heavy atom. The largest absolute Gasteiger partial charge is 0.310 e. The molecule has 0 amide bonds. The lowest BCUT2D eigenvalue weighted by molar-refractivity contribution is 0.863. The molecular formula is C48H34N2. The molecule has 0 saturated heterocycles. The molecule has 236 valence electrons. The van der Waals surface area contributed by atoms with E-state index in [1.54, 1.807) is 0 Å². The Kier molecular flexibility index (Phi) is 6.67. The quantitative estimate of drug-likeness (QED) is 0.178. The van der Waals surface area contributed by atoms with Crippen molar-refractivity contribution in [1.82, 2.24) is 9.13 Å². The lowest BCUT2D eigenvalue weighted by Gasteiger charge is -2.24. The van der Waals surface area contributed by atoms with Crippen LogP contribution < -0.4 is 0 Å². The summed E-state index contributed by atoms with van der Waals surface area (Å²) in [5.41, 5.74) is 13.7. The molecular weight excluding hydrogens is 605 g/mol. The summed E-state index contributed by atoms with van der Waals surface area (Å²) in [6.45, 7) is 0. The highest BCUT2D eigenvalue weighted by Gasteiger charge is 2.22. The van der Waals surface area contributed by atoms with E-state index in [1.807, 2.05) is 0 Å². The van der Waals surface area contributed by atoms with Crippen molar-refractivity contribution in [3.8, 4) is 16.8 Å². The second kappa shape index (κ2) is 11.6. The van der Waals surface area contributed by atoms with Crippen LogP contribution in [0.25, 0.3) is 71.7 Å². The molecule has 0 spiro atoms. The van der Waals surface area contributed by atoms with Crippen LogP contribution in [0.3, 0.4) is 0 Å². The molecule has 0 fully saturated rings. The number of hydrogen-bond acceptors (Lipinski definition) is 0. The Hall–Kier alpha value is -6.38. The number of benzene rings is 7. The zero-order valence-corrected chi connectivity index (χ0v) is 27.6. The molecule has 9 aromatic rings. The zero-order valence-electron chi connectivity index (χ0n) is 27.6. The molecule has 2 aromatic heterocycles. The highest BCUT2D eigenvalue weighted by molar-refractivity contribution is 6.13. The molecule has 10 rings (SSSR count). The number of allylic oxidation sites excluding steroid dienone is 4. The summed E-state index contributed by atoms with van der Waals surface area (Å²) in [5, 5.41) is 5.07. The predicted molar refractivity (Wildman–Crippen MR) is 212 cm³/mol. The molecule has 2 heterocycles. The first-order valence-electron chi connectivity index (χ1n) is 17.5. The summed E-state index contributed by atoms with van der Waals surface area (Å²) < 4.78 is 4.85. The smallest absolute Gasteiger partial charge is 0.0541 e. The third-order valence-corrected chi connectivity index (χ3v) is 10.5. The average molecular weight is 639 g/mol. The van der Waals surface area contributed by atoms with Crippen molar-refractivity contribution >= 4 is 54.9 Å². The highest BCUT2D eigenvalue weighted by Crippen LogP contribution is 2.42. The maximum absolute atomic E-state index is 2.48. The predicted octanol–water partition coefficient (Wildman–Crippen LogP) is 12.7. The van der Waals surface area contributed by atoms with Crippen LogP contribution in [0.1, 0.15) is 23.5 Å². The number of nitrogens with zero attached hydrogens (tertiary/aromatic N) is 2. The van der Waals surface area contributed by atoms with E-state index < -0.39 is 0 Å². The van der Waals surface area contributed by atoms with E-state index in [1.165, 1.54) is 82.8 Å². The van der Waals surface area contributed by atoms with E-state index in [2.05, 4.69) is 197 Å². The maximum Gasteiger partial charge on any atom is 0.0541 e. The van der Waals surface area contributed by atoms with Gasteiger partial charge in [-0.15, -0.1) is 0 Å². The van der Waals surface area contributed by atoms with E-state index in [9.17, 15) is 0 Å². The number of rotatable bonds is 5. The monoisotopic (exact) mass is 638 g/mol. The number of hydrogen-bond donors (Lipinski definition) is 0. The van der Waals surface area contributed by atoms with Crippen molar-refractivity contribution in [3.05, 3.63) is 199 Å². The Morgan fingerprint density at radius 1 is 0.400 bits per heavy atom. The molecule has 1 atom stereocenters. The van der Waals surface area contributed by atoms with Gasteiger partial charge in [-0.2, -0.15) is 0 Å². The Balaban J connectivity index is 1.15. The summed E-state index contributed by atoms with van der Waals surface area (Å²) in [4.78, 5) is 0. The minimum absolute atomic E-state index is 0.284. The van der Waals surface area contributed by atoms with Crippen LogP contribution in [-0.4, -0.2) is 9.13 Å². The van der Waals surface area contributed by atoms with Crippen molar-refractivity contribution in [2.45, 2.75) is 12.3 Å². The molecule has 7 aromatic carbocycles. The van der Waals surface area contributed by atoms with Crippen molar-refractivity contribution < 1.29 is 0 Å². The maximum atomic E-state index is 2.48. The SMILES string of the molecule is C1=C(c2ccccc2)CC(c2ccccc2)C=C1n1c2ccccc2c2cc(-c3ccc4c(c3)c3ccccc3n4-c3ccccc3)ccc21. The number of aromatic nitrogens is 2. The van der Waals surface area contributed by atoms with Gasteiger partial charge in [-0.25, -0.2) is 0 Å². The number of fused-ring (bicyclic) bond motifs is 6. The first kappa shape index (κ1) is 28.6. The molecule has 1 aliphatic carbocycles. The summed E-state index contributed by atoms with van der Waals surface area (Å²) in [5.74, 6) is 0.284. The minimum atomic E-state index is 0.284. The molecule has 0 aliphatic heterocycles. The van der Waals surface area contributed by atoms with Crippen molar-refractivity contribution in [2.24, 2.45) is 0 Å². The normalized spacial score (nSPS) is 14.8. The second-order valence-electron chi connectivity index (χ2n) is 13.4. The van der Waals surface area contributed by atoms with Gasteiger partial charge in [-0.3, -0.25) is 0 Å². The van der Waals surface area contributed by atoms with Crippen LogP contribution >= 0.6 is 0 Å². The van der Waals surface area contributed by atoms with E-state index in [0.29, 0.717) is 0 Å². The molecule has 2 heteroatoms. The fraction of sp³-hybridized carbons (Fsp3) is 0.0417. The van der Waals surface area contributed by atoms with E-state index in [4.69, 9.17) is 0 Å². The van der Waals surface area contributed by atoms with Crippen LogP contribution in [0.2, 0.25) is 0 Å². The average Bonchev–Trinajstić information content (AvgIpc) is 3.71. The van der Waals surface area contributed by atoms with Gasteiger partial charge in [0.2, 0.25) is 0 Å². The van der Waals surface area contributed by atoms with Crippen molar-refractivity contribution in [2.75, 3.05) is 0 Å². The van der Waals surface area contributed by atoms with Crippen LogP contribution in [0.15, 0.2) is 188 Å². The van der Waals surface area contributed by atoms with Gasteiger partial charge in [-0.05, 0) is 88.9 Å². The first-order valence-corrected chi connectivity index (χ1v) is 17.5. The molecule has 0 radical (unpaired) electrons. The molecule has 1 aliphatic rings. The van der Waals surface area contributed by atoms with Gasteiger partial charge in [0.1, 0.15) is 0 Å². The second-order valence-corrected chi connectivity index (χ2v) is 13.4. The Morgan fingerprint density at radius 3 is 1.54 bits per heavy atom. The molecule has 2 nitrogen and oxygen atoms in total. The van der Waals surface area contributed by atoms with Crippen molar-refractivity contribution in [1.29, 1.82) is 0 Å². The highest BCUT2D eigenvalue weighted by atomic mass is 15.0. The topological polar surface area (TPSA) is 9.86 Å². The summed E-state index contributed by atoms with van der Waals surface area (Å²) in [7, 11) is 0. The van der Waals surface area contributed by atoms with Crippen LogP contribution in [0.5, 0.6) is 0 Å². The van der Waals surface area contributed by atoms with Gasteiger partial charge in [0.25, 0.3) is 0 Å². The lowest BCUT2D eigenvalue weighted by Crippen LogP contribution is -2.07. The Labute approximate surface area is 291 Å². The van der Waals surface area contributed by atoms with Gasteiger partial charge in [0.05, 0.1) is 22.1 Å². The zero-order chi connectivity index (χ0) is 33.0. The van der Waals surface area contributed by atoms with Crippen LogP contribution in [0.4, 0.5) is 0 Å². The van der Waals surface area contributed by atoms with Gasteiger partial charge in [0, 0.05) is 38.8 Å². The molecule has 0 N–H and O–H groups in total. The van der Waals surface area contributed by atoms with Gasteiger partial charge in [0.15, 0.2) is 0 Å². The third-order valence-electron chi connectivity index (χ3n) is 10.5. The standard InChI is InChI=1S/C48H34N2/c1-4-14-33(15-5-1)37-28-38(34-16-6-2-7-17-34)30-40(29-37)50-46-23-13-11-21-42(46)44-32-36(25-27-48(44)50)35-24-26-47-43(31-35)41-20-10-12-22-45(41)49(47)39-18-8-3-9-19-39/h1-27,29-32,37H,28H2. The summed E-state index contributed by atoms with van der Waals surface area (Å²) in [6, 6.07) is 64.1. The Bertz CT molecular complexity index is 2760. The molecule has 1 unspecified atom stereocenters. The summed E-state index contributed by atoms with van der Waals surface area (Å²) in [6.07, 6.45) is 5.85. The first-order chi connectivity index (χ1) is 24.8. The van der Waals surface area contributed by atoms with Gasteiger partial charge >= 0.3 is 0 Å². The summed E-state index contributed by atoms with van der Waals surface area (Å²) >= 11 is 0. The molecule has 0 saturated carbocycles. The molecule has 0 bridgehead atoms. The van der Waals surface area contributed by atoms with E-state index in [-0.39, 0.29) is 5.92 Å². The van der Waals surface area contributed by atoms with Gasteiger partial charge < -0.3 is 9.13 Å². The third kappa shape index (κ3) is 4.64. The van der Waals surface area contributed by atoms with Crippen LogP contribution in [-0.2, 0) is 0 Å². The van der Waals surface area contributed by atoms with E-state index in [0.717, 1.165) is 6.42 Å². The van der Waals surface area contributed by atoms with Crippen LogP contribution in [0, 0.1) is 0 Å². The lowest BCUT2D eigenvalue weighted by atomic mass is 9.84. The fourth-order valence-electron chi connectivity index (χ4n) is 8.13. The fourth-order valence-corrected chi connectivity index (χ4v) is 8.13. The van der Waals surface area contributed by atoms with E-state index >= 15 is 0 Å². The van der Waals surface area contributed by atoms with Crippen molar-refractivity contribution in [3.63, 3.8) is 0 Å². The minimum Gasteiger partial charge on any atom is -0.310 e.